The Morgan fingerprint density at radius 3 is 2.60 bits per heavy atom. The van der Waals surface area contributed by atoms with Gasteiger partial charge >= 0.3 is 5.97 Å². The van der Waals surface area contributed by atoms with Crippen molar-refractivity contribution in [2.24, 2.45) is 5.92 Å². The molecule has 0 radical (unpaired) electrons. The fourth-order valence-electron chi connectivity index (χ4n) is 1.58. The number of carbonyl (C=O) groups is 2. The number of thioether (sulfide) groups is 1. The number of rotatable bonds is 7. The summed E-state index contributed by atoms with van der Waals surface area (Å²) in [6.45, 7) is 6.80. The van der Waals surface area contributed by atoms with Gasteiger partial charge in [0.05, 0.1) is 5.92 Å². The van der Waals surface area contributed by atoms with Crippen molar-refractivity contribution in [3.63, 3.8) is 0 Å². The molecule has 1 rings (SSSR count). The van der Waals surface area contributed by atoms with Gasteiger partial charge in [-0.2, -0.15) is 0 Å². The Morgan fingerprint density at radius 1 is 1.40 bits per heavy atom. The molecule has 1 heterocycles. The third-order valence-corrected chi connectivity index (χ3v) is 4.18. The van der Waals surface area contributed by atoms with E-state index in [-0.39, 0.29) is 5.91 Å². The molecule has 0 saturated carbocycles. The highest BCUT2D eigenvalue weighted by molar-refractivity contribution is 7.99. The second-order valence-electron chi connectivity index (χ2n) is 4.40. The molecule has 1 atom stereocenters. The van der Waals surface area contributed by atoms with E-state index in [0.717, 1.165) is 4.90 Å². The lowest BCUT2D eigenvalue weighted by Gasteiger charge is -2.18. The van der Waals surface area contributed by atoms with Crippen molar-refractivity contribution in [1.29, 1.82) is 0 Å². The van der Waals surface area contributed by atoms with E-state index in [9.17, 15) is 9.59 Å². The lowest BCUT2D eigenvalue weighted by molar-refractivity contribution is -0.140. The smallest absolute Gasteiger partial charge is 0.307 e. The van der Waals surface area contributed by atoms with E-state index >= 15 is 0 Å². The van der Waals surface area contributed by atoms with E-state index in [1.807, 2.05) is 13.8 Å². The van der Waals surface area contributed by atoms with Crippen LogP contribution in [0.25, 0.3) is 0 Å². The molecule has 20 heavy (non-hydrogen) atoms. The Labute approximate surface area is 123 Å². The van der Waals surface area contributed by atoms with Gasteiger partial charge < -0.3 is 10.0 Å². The molecule has 1 N–H and O–H groups in total. The van der Waals surface area contributed by atoms with Crippen LogP contribution in [0.15, 0.2) is 23.2 Å². The van der Waals surface area contributed by atoms with E-state index in [1.165, 1.54) is 11.8 Å². The number of aromatic nitrogens is 1. The normalized spacial score (nSPS) is 11.9. The van der Waals surface area contributed by atoms with Crippen molar-refractivity contribution < 1.29 is 14.7 Å². The van der Waals surface area contributed by atoms with Gasteiger partial charge in [-0.05, 0) is 26.0 Å². The van der Waals surface area contributed by atoms with Crippen molar-refractivity contribution in [2.75, 3.05) is 18.8 Å². The molecule has 0 spiro atoms. The third kappa shape index (κ3) is 4.52. The minimum absolute atomic E-state index is 0.0938. The maximum absolute atomic E-state index is 12.2. The van der Waals surface area contributed by atoms with Crippen LogP contribution >= 0.6 is 11.8 Å². The van der Waals surface area contributed by atoms with Crippen LogP contribution in [-0.4, -0.2) is 45.7 Å². The predicted octanol–water partition coefficient (Wildman–Crippen LogP) is 2.38. The second-order valence-corrected chi connectivity index (χ2v) is 5.50. The summed E-state index contributed by atoms with van der Waals surface area (Å²) >= 11 is 1.42. The number of amides is 1. The standard InChI is InChI=1S/C14H20N2O3S/c1-4-16(5-2)13(17)12-8-11(6-7-15-12)20-9-10(3)14(18)19/h6-8,10H,4-5,9H2,1-3H3,(H,18,19). The van der Waals surface area contributed by atoms with Gasteiger partial charge in [0.15, 0.2) is 0 Å². The van der Waals surface area contributed by atoms with Gasteiger partial charge in [-0.3, -0.25) is 14.6 Å². The Kier molecular flexibility index (Phi) is 6.51. The van der Waals surface area contributed by atoms with Crippen molar-refractivity contribution >= 4 is 23.6 Å². The van der Waals surface area contributed by atoms with E-state index < -0.39 is 11.9 Å². The van der Waals surface area contributed by atoms with Gasteiger partial charge in [0.2, 0.25) is 0 Å². The van der Waals surface area contributed by atoms with Crippen molar-refractivity contribution in [3.8, 4) is 0 Å². The molecule has 1 unspecified atom stereocenters. The highest BCUT2D eigenvalue weighted by atomic mass is 32.2. The van der Waals surface area contributed by atoms with Crippen LogP contribution in [0.4, 0.5) is 0 Å². The Bertz CT molecular complexity index is 475. The maximum Gasteiger partial charge on any atom is 0.307 e. The predicted molar refractivity (Wildman–Crippen MR) is 79.0 cm³/mol. The van der Waals surface area contributed by atoms with Gasteiger partial charge in [-0.25, -0.2) is 0 Å². The summed E-state index contributed by atoms with van der Waals surface area (Å²) in [5, 5.41) is 8.85. The molecule has 0 aromatic carbocycles. The highest BCUT2D eigenvalue weighted by Gasteiger charge is 2.15. The number of carboxylic acid groups (broad SMARTS) is 1. The summed E-state index contributed by atoms with van der Waals surface area (Å²) in [6, 6.07) is 3.51. The van der Waals surface area contributed by atoms with Gasteiger partial charge in [0.1, 0.15) is 5.69 Å². The maximum atomic E-state index is 12.2. The van der Waals surface area contributed by atoms with E-state index in [0.29, 0.717) is 24.5 Å². The number of carbonyl (C=O) groups excluding carboxylic acids is 1. The first kappa shape index (κ1) is 16.5. The molecule has 0 aliphatic carbocycles. The third-order valence-electron chi connectivity index (χ3n) is 2.92. The second kappa shape index (κ2) is 7.89. The Morgan fingerprint density at radius 2 is 2.05 bits per heavy atom. The molecule has 0 bridgehead atoms. The summed E-state index contributed by atoms with van der Waals surface area (Å²) in [6.07, 6.45) is 1.59. The van der Waals surface area contributed by atoms with Gasteiger partial charge in [0.25, 0.3) is 5.91 Å². The summed E-state index contributed by atoms with van der Waals surface area (Å²) in [4.78, 5) is 29.6. The number of aliphatic carboxylic acids is 1. The lowest BCUT2D eigenvalue weighted by Crippen LogP contribution is -2.31. The number of pyridine rings is 1. The molecular formula is C14H20N2O3S. The first-order valence-corrected chi connectivity index (χ1v) is 7.59. The Hall–Kier alpha value is -1.56. The molecule has 110 valence electrons. The van der Waals surface area contributed by atoms with Gasteiger partial charge in [0, 0.05) is 29.9 Å². The zero-order valence-corrected chi connectivity index (χ0v) is 12.8. The van der Waals surface area contributed by atoms with Crippen LogP contribution < -0.4 is 0 Å². The summed E-state index contributed by atoms with van der Waals surface area (Å²) in [5.74, 6) is -0.858. The molecule has 1 aromatic rings. The topological polar surface area (TPSA) is 70.5 Å². The zero-order valence-electron chi connectivity index (χ0n) is 12.0. The monoisotopic (exact) mass is 296 g/mol. The van der Waals surface area contributed by atoms with Crippen LogP contribution in [0.3, 0.4) is 0 Å². The van der Waals surface area contributed by atoms with Gasteiger partial charge in [-0.15, -0.1) is 11.8 Å². The average molecular weight is 296 g/mol. The summed E-state index contributed by atoms with van der Waals surface area (Å²) < 4.78 is 0. The molecule has 0 fully saturated rings. The molecule has 1 amide bonds. The first-order valence-electron chi connectivity index (χ1n) is 6.60. The van der Waals surface area contributed by atoms with Crippen LogP contribution in [0, 0.1) is 5.92 Å². The van der Waals surface area contributed by atoms with E-state index in [1.54, 1.807) is 30.2 Å². The fraction of sp³-hybridized carbons (Fsp3) is 0.500. The first-order chi connectivity index (χ1) is 9.49. The van der Waals surface area contributed by atoms with Crippen molar-refractivity contribution in [2.45, 2.75) is 25.7 Å². The van der Waals surface area contributed by atoms with Crippen molar-refractivity contribution in [1.82, 2.24) is 9.88 Å². The summed E-state index contributed by atoms with van der Waals surface area (Å²) in [5.41, 5.74) is 0.404. The molecule has 1 aromatic heterocycles. The van der Waals surface area contributed by atoms with Crippen LogP contribution in [-0.2, 0) is 4.79 Å². The number of hydrogen-bond donors (Lipinski definition) is 1. The van der Waals surface area contributed by atoms with E-state index in [4.69, 9.17) is 5.11 Å². The van der Waals surface area contributed by atoms with E-state index in [2.05, 4.69) is 4.98 Å². The molecule has 6 heteroatoms. The molecule has 5 nitrogen and oxygen atoms in total. The number of carboxylic acids is 1. The number of nitrogens with zero attached hydrogens (tertiary/aromatic N) is 2. The molecular weight excluding hydrogens is 276 g/mol. The Balaban J connectivity index is 2.75. The minimum Gasteiger partial charge on any atom is -0.481 e. The minimum atomic E-state index is -0.814. The van der Waals surface area contributed by atoms with Crippen molar-refractivity contribution in [3.05, 3.63) is 24.0 Å². The van der Waals surface area contributed by atoms with Crippen LogP contribution in [0.5, 0.6) is 0 Å². The van der Waals surface area contributed by atoms with Crippen LogP contribution in [0.1, 0.15) is 31.3 Å². The fourth-order valence-corrected chi connectivity index (χ4v) is 2.52. The van der Waals surface area contributed by atoms with Gasteiger partial charge in [-0.1, -0.05) is 6.92 Å². The average Bonchev–Trinajstić information content (AvgIpc) is 2.46. The zero-order chi connectivity index (χ0) is 15.1. The summed E-state index contributed by atoms with van der Waals surface area (Å²) in [7, 11) is 0. The quantitative estimate of drug-likeness (QED) is 0.782. The van der Waals surface area contributed by atoms with Crippen LogP contribution in [0.2, 0.25) is 0 Å². The molecule has 0 aliphatic heterocycles. The highest BCUT2D eigenvalue weighted by Crippen LogP contribution is 2.21. The lowest BCUT2D eigenvalue weighted by atomic mass is 10.2. The molecule has 0 saturated heterocycles. The molecule has 0 aliphatic rings. The largest absolute Gasteiger partial charge is 0.481 e. The SMILES string of the molecule is CCN(CC)C(=O)c1cc(SCC(C)C(=O)O)ccn1. The number of hydrogen-bond acceptors (Lipinski definition) is 4.